The summed E-state index contributed by atoms with van der Waals surface area (Å²) in [6, 6.07) is -0.303. The van der Waals surface area contributed by atoms with Crippen LogP contribution in [-0.2, 0) is 19.1 Å². The normalized spacial score (nSPS) is 18.2. The zero-order valence-electron chi connectivity index (χ0n) is 17.5. The van der Waals surface area contributed by atoms with Gasteiger partial charge in [-0.2, -0.15) is 0 Å². The Morgan fingerprint density at radius 3 is 2.33 bits per heavy atom. The van der Waals surface area contributed by atoms with Crippen molar-refractivity contribution in [3.05, 3.63) is 0 Å². The van der Waals surface area contributed by atoms with Gasteiger partial charge >= 0.3 is 12.1 Å². The van der Waals surface area contributed by atoms with Gasteiger partial charge in [0.05, 0.1) is 6.04 Å². The zero-order chi connectivity index (χ0) is 20.7. The Kier molecular flexibility index (Phi) is 8.53. The van der Waals surface area contributed by atoms with E-state index in [1.165, 1.54) is 0 Å². The smallest absolute Gasteiger partial charge is 0.407 e. The highest BCUT2D eigenvalue weighted by atomic mass is 16.6. The Morgan fingerprint density at radius 2 is 1.74 bits per heavy atom. The molecule has 156 valence electrons. The van der Waals surface area contributed by atoms with Crippen LogP contribution >= 0.6 is 0 Å². The summed E-state index contributed by atoms with van der Waals surface area (Å²) in [5.41, 5.74) is -1.07. The molecule has 1 fully saturated rings. The van der Waals surface area contributed by atoms with Crippen molar-refractivity contribution in [1.29, 1.82) is 0 Å². The highest BCUT2D eigenvalue weighted by Gasteiger charge is 2.30. The summed E-state index contributed by atoms with van der Waals surface area (Å²) in [5, 5.41) is 5.90. The number of piperazine rings is 1. The molecule has 0 bridgehead atoms. The molecule has 0 spiro atoms. The average molecular weight is 386 g/mol. The van der Waals surface area contributed by atoms with Crippen LogP contribution in [0.3, 0.4) is 0 Å². The number of unbranched alkanes of at least 4 members (excludes halogenated alkanes) is 1. The monoisotopic (exact) mass is 385 g/mol. The molecule has 2 amide bonds. The molecule has 1 rings (SSSR count). The van der Waals surface area contributed by atoms with Crippen LogP contribution in [0, 0.1) is 0 Å². The van der Waals surface area contributed by atoms with Crippen LogP contribution in [0.5, 0.6) is 0 Å². The third kappa shape index (κ3) is 10.2. The summed E-state index contributed by atoms with van der Waals surface area (Å²) in [7, 11) is 0. The van der Waals surface area contributed by atoms with Gasteiger partial charge in [-0.15, -0.1) is 0 Å². The van der Waals surface area contributed by atoms with E-state index in [4.69, 9.17) is 9.47 Å². The molecule has 0 aromatic heterocycles. The maximum atomic E-state index is 12.5. The van der Waals surface area contributed by atoms with E-state index in [9.17, 15) is 14.4 Å². The van der Waals surface area contributed by atoms with Gasteiger partial charge in [0.2, 0.25) is 5.91 Å². The lowest BCUT2D eigenvalue weighted by Crippen LogP contribution is -2.56. The largest absolute Gasteiger partial charge is 0.459 e. The minimum absolute atomic E-state index is 0.0194. The number of carbonyl (C=O) groups is 3. The van der Waals surface area contributed by atoms with Crippen LogP contribution in [-0.4, -0.2) is 66.3 Å². The average Bonchev–Trinajstić information content (AvgIpc) is 2.46. The molecular weight excluding hydrogens is 350 g/mol. The van der Waals surface area contributed by atoms with E-state index in [0.717, 1.165) is 12.8 Å². The predicted octanol–water partition coefficient (Wildman–Crippen LogP) is 1.82. The molecule has 1 saturated heterocycles. The third-order valence-electron chi connectivity index (χ3n) is 3.71. The molecule has 0 aliphatic carbocycles. The van der Waals surface area contributed by atoms with Crippen molar-refractivity contribution < 1.29 is 23.9 Å². The Hall–Kier alpha value is -1.83. The zero-order valence-corrected chi connectivity index (χ0v) is 17.5. The number of rotatable bonds is 7. The van der Waals surface area contributed by atoms with Crippen molar-refractivity contribution in [3.63, 3.8) is 0 Å². The van der Waals surface area contributed by atoms with Crippen molar-refractivity contribution in [2.45, 2.75) is 78.0 Å². The van der Waals surface area contributed by atoms with Crippen LogP contribution in [0.25, 0.3) is 0 Å². The van der Waals surface area contributed by atoms with Gasteiger partial charge in [0.15, 0.2) is 0 Å². The number of esters is 1. The van der Waals surface area contributed by atoms with E-state index in [0.29, 0.717) is 26.1 Å². The third-order valence-corrected chi connectivity index (χ3v) is 3.71. The second kappa shape index (κ2) is 9.92. The molecular formula is C19H35N3O5. The summed E-state index contributed by atoms with van der Waals surface area (Å²) < 4.78 is 10.5. The molecule has 0 saturated carbocycles. The number of ether oxygens (including phenoxy) is 2. The van der Waals surface area contributed by atoms with Crippen molar-refractivity contribution in [1.82, 2.24) is 15.5 Å². The number of nitrogens with one attached hydrogen (secondary N) is 2. The van der Waals surface area contributed by atoms with Crippen LogP contribution in [0.2, 0.25) is 0 Å². The lowest BCUT2D eigenvalue weighted by Gasteiger charge is -2.33. The Bertz CT molecular complexity index is 522. The molecule has 8 nitrogen and oxygen atoms in total. The minimum atomic E-state index is -0.561. The minimum Gasteiger partial charge on any atom is -0.459 e. The van der Waals surface area contributed by atoms with Gasteiger partial charge in [-0.1, -0.05) is 0 Å². The van der Waals surface area contributed by atoms with Crippen molar-refractivity contribution in [3.8, 4) is 0 Å². The number of hydrogen-bond acceptors (Lipinski definition) is 6. The summed E-state index contributed by atoms with van der Waals surface area (Å²) >= 11 is 0. The first kappa shape index (κ1) is 23.2. The topological polar surface area (TPSA) is 97.0 Å². The second-order valence-corrected chi connectivity index (χ2v) is 8.78. The van der Waals surface area contributed by atoms with Gasteiger partial charge in [-0.05, 0) is 60.8 Å². The first-order chi connectivity index (χ1) is 12.4. The summed E-state index contributed by atoms with van der Waals surface area (Å²) in [5.74, 6) is -0.467. The number of alkyl carbamates (subject to hydrolysis) is 1. The maximum absolute atomic E-state index is 12.5. The number of nitrogens with zero attached hydrogens (tertiary/aromatic N) is 1. The Morgan fingerprint density at radius 1 is 1.11 bits per heavy atom. The summed E-state index contributed by atoms with van der Waals surface area (Å²) in [6.07, 6.45) is 1.74. The van der Waals surface area contributed by atoms with Crippen molar-refractivity contribution in [2.75, 3.05) is 26.2 Å². The summed E-state index contributed by atoms with van der Waals surface area (Å²) in [4.78, 5) is 37.6. The first-order valence-corrected chi connectivity index (χ1v) is 9.58. The van der Waals surface area contributed by atoms with Crippen molar-refractivity contribution in [2.24, 2.45) is 0 Å². The van der Waals surface area contributed by atoms with Gasteiger partial charge in [0, 0.05) is 19.6 Å². The fourth-order valence-electron chi connectivity index (χ4n) is 2.68. The molecule has 27 heavy (non-hydrogen) atoms. The predicted molar refractivity (Wildman–Crippen MR) is 102 cm³/mol. The van der Waals surface area contributed by atoms with Gasteiger partial charge < -0.3 is 25.0 Å². The molecule has 0 aromatic carbocycles. The van der Waals surface area contributed by atoms with Crippen LogP contribution < -0.4 is 10.6 Å². The molecule has 1 aliphatic rings. The lowest BCUT2D eigenvalue weighted by atomic mass is 10.1. The van der Waals surface area contributed by atoms with E-state index in [1.807, 2.05) is 20.8 Å². The number of hydrogen-bond donors (Lipinski definition) is 2. The Balaban J connectivity index is 2.30. The van der Waals surface area contributed by atoms with E-state index in [-0.39, 0.29) is 18.5 Å². The highest BCUT2D eigenvalue weighted by Crippen LogP contribution is 2.12. The lowest BCUT2D eigenvalue weighted by molar-refractivity contribution is -0.159. The van der Waals surface area contributed by atoms with Crippen LogP contribution in [0.4, 0.5) is 4.79 Å². The molecule has 1 heterocycles. The van der Waals surface area contributed by atoms with Crippen LogP contribution in [0.15, 0.2) is 0 Å². The molecule has 8 heteroatoms. The maximum Gasteiger partial charge on any atom is 0.407 e. The van der Waals surface area contributed by atoms with Crippen molar-refractivity contribution >= 4 is 18.0 Å². The Labute approximate surface area is 162 Å². The van der Waals surface area contributed by atoms with Gasteiger partial charge in [-0.25, -0.2) is 4.79 Å². The van der Waals surface area contributed by atoms with E-state index >= 15 is 0 Å². The fraction of sp³-hybridized carbons (Fsp3) is 0.842. The highest BCUT2D eigenvalue weighted by molar-refractivity contribution is 5.86. The molecule has 1 unspecified atom stereocenters. The molecule has 1 aliphatic heterocycles. The molecule has 2 N–H and O–H groups in total. The SMILES string of the molecule is CC(C)(C)OC(=O)CN1CCNC(CCCCNC(=O)OC(C)(C)C)C1=O. The van der Waals surface area contributed by atoms with E-state index in [2.05, 4.69) is 10.6 Å². The van der Waals surface area contributed by atoms with E-state index in [1.54, 1.807) is 25.7 Å². The van der Waals surface area contributed by atoms with E-state index < -0.39 is 23.3 Å². The number of carbonyl (C=O) groups excluding carboxylic acids is 3. The molecule has 0 radical (unpaired) electrons. The van der Waals surface area contributed by atoms with Gasteiger partial charge in [0.25, 0.3) is 0 Å². The van der Waals surface area contributed by atoms with Crippen LogP contribution in [0.1, 0.15) is 60.8 Å². The molecule has 0 aromatic rings. The number of amides is 2. The standard InChI is InChI=1S/C19H35N3O5/c1-18(2,3)26-15(23)13-22-12-11-20-14(16(22)24)9-7-8-10-21-17(25)27-19(4,5)6/h14,20H,7-13H2,1-6H3,(H,21,25). The second-order valence-electron chi connectivity index (χ2n) is 8.78. The molecule has 1 atom stereocenters. The van der Waals surface area contributed by atoms with Gasteiger partial charge in [0.1, 0.15) is 17.7 Å². The quantitative estimate of drug-likeness (QED) is 0.513. The fourth-order valence-corrected chi connectivity index (χ4v) is 2.68. The summed E-state index contributed by atoms with van der Waals surface area (Å²) in [6.45, 7) is 12.5. The first-order valence-electron chi connectivity index (χ1n) is 9.58. The van der Waals surface area contributed by atoms with Gasteiger partial charge in [-0.3, -0.25) is 9.59 Å².